The van der Waals surface area contributed by atoms with Crippen LogP contribution in [-0.2, 0) is 6.42 Å². The highest BCUT2D eigenvalue weighted by Gasteiger charge is 2.20. The summed E-state index contributed by atoms with van der Waals surface area (Å²) < 4.78 is 0. The van der Waals surface area contributed by atoms with Gasteiger partial charge in [0, 0.05) is 18.8 Å². The Morgan fingerprint density at radius 3 is 2.90 bits per heavy atom. The normalized spacial score (nSPS) is 19.4. The molecular weight excluding hydrogens is 244 g/mol. The number of rotatable bonds is 4. The lowest BCUT2D eigenvalue weighted by atomic mass is 9.83. The second-order valence-corrected chi connectivity index (χ2v) is 5.67. The van der Waals surface area contributed by atoms with Gasteiger partial charge in [-0.25, -0.2) is 0 Å². The maximum Gasteiger partial charge on any atom is 0.0570 e. The van der Waals surface area contributed by atoms with E-state index >= 15 is 0 Å². The van der Waals surface area contributed by atoms with Crippen LogP contribution in [0.1, 0.15) is 48.5 Å². The molecule has 1 N–H and O–H groups in total. The van der Waals surface area contributed by atoms with Crippen molar-refractivity contribution in [1.29, 1.82) is 0 Å². The third-order valence-electron chi connectivity index (χ3n) is 4.30. The average Bonchev–Trinajstić information content (AvgIpc) is 2.53. The van der Waals surface area contributed by atoms with E-state index in [4.69, 9.17) is 0 Å². The van der Waals surface area contributed by atoms with Crippen LogP contribution in [0.15, 0.2) is 48.7 Å². The van der Waals surface area contributed by atoms with Crippen molar-refractivity contribution in [3.63, 3.8) is 0 Å². The first kappa shape index (κ1) is 13.3. The van der Waals surface area contributed by atoms with Crippen LogP contribution in [0.2, 0.25) is 0 Å². The van der Waals surface area contributed by atoms with Gasteiger partial charge in [0.1, 0.15) is 0 Å². The van der Waals surface area contributed by atoms with E-state index in [1.165, 1.54) is 24.8 Å². The maximum atomic E-state index is 4.42. The molecule has 0 saturated heterocycles. The number of hydrogen-bond donors (Lipinski definition) is 1. The molecule has 1 aromatic heterocycles. The van der Waals surface area contributed by atoms with Crippen molar-refractivity contribution in [3.05, 3.63) is 65.5 Å². The van der Waals surface area contributed by atoms with E-state index in [2.05, 4.69) is 53.6 Å². The fourth-order valence-corrected chi connectivity index (χ4v) is 3.12. The first-order valence-electron chi connectivity index (χ1n) is 7.56. The first-order valence-corrected chi connectivity index (χ1v) is 7.56. The molecular formula is C18H22N2. The monoisotopic (exact) mass is 266 g/mol. The maximum absolute atomic E-state index is 4.42. The molecule has 1 heterocycles. The van der Waals surface area contributed by atoms with Crippen LogP contribution in [0, 0.1) is 0 Å². The smallest absolute Gasteiger partial charge is 0.0570 e. The van der Waals surface area contributed by atoms with Crippen LogP contribution in [0.4, 0.5) is 0 Å². The van der Waals surface area contributed by atoms with E-state index in [0.29, 0.717) is 12.0 Å². The molecule has 0 saturated carbocycles. The molecule has 20 heavy (non-hydrogen) atoms. The molecule has 0 bridgehead atoms. The molecule has 0 radical (unpaired) electrons. The topological polar surface area (TPSA) is 24.9 Å². The fourth-order valence-electron chi connectivity index (χ4n) is 3.12. The van der Waals surface area contributed by atoms with Gasteiger partial charge in [0.2, 0.25) is 0 Å². The molecule has 2 nitrogen and oxygen atoms in total. The molecule has 1 aliphatic carbocycles. The largest absolute Gasteiger partial charge is 0.308 e. The van der Waals surface area contributed by atoms with Gasteiger partial charge in [-0.3, -0.25) is 4.98 Å². The number of benzene rings is 1. The molecule has 2 aromatic rings. The van der Waals surface area contributed by atoms with Crippen LogP contribution in [-0.4, -0.2) is 11.5 Å². The zero-order chi connectivity index (χ0) is 13.8. The Bertz CT molecular complexity index is 550. The van der Waals surface area contributed by atoms with E-state index in [9.17, 15) is 0 Å². The number of hydrogen-bond acceptors (Lipinski definition) is 2. The summed E-state index contributed by atoms with van der Waals surface area (Å²) in [6.07, 6.45) is 5.70. The Labute approximate surface area is 121 Å². The lowest BCUT2D eigenvalue weighted by Crippen LogP contribution is -2.27. The summed E-state index contributed by atoms with van der Waals surface area (Å²) in [5.41, 5.74) is 4.20. The van der Waals surface area contributed by atoms with Gasteiger partial charge in [-0.1, -0.05) is 30.3 Å². The summed E-state index contributed by atoms with van der Waals surface area (Å²) in [7, 11) is 0. The number of nitrogens with one attached hydrogen (secondary N) is 1. The molecule has 0 spiro atoms. The number of aromatic nitrogens is 1. The second-order valence-electron chi connectivity index (χ2n) is 5.67. The molecule has 3 rings (SSSR count). The van der Waals surface area contributed by atoms with E-state index < -0.39 is 0 Å². The first-order chi connectivity index (χ1) is 9.84. The molecule has 1 aromatic carbocycles. The predicted octanol–water partition coefficient (Wildman–Crippen LogP) is 3.85. The molecule has 0 fully saturated rings. The van der Waals surface area contributed by atoms with Crippen LogP contribution in [0.3, 0.4) is 0 Å². The summed E-state index contributed by atoms with van der Waals surface area (Å²) in [6, 6.07) is 15.3. The van der Waals surface area contributed by atoms with E-state index in [-0.39, 0.29) is 0 Å². The lowest BCUT2D eigenvalue weighted by Gasteiger charge is -2.27. The molecule has 2 heteroatoms. The average molecular weight is 266 g/mol. The van der Waals surface area contributed by atoms with E-state index in [1.54, 1.807) is 5.56 Å². The van der Waals surface area contributed by atoms with Gasteiger partial charge in [0.15, 0.2) is 0 Å². The number of aryl methyl sites for hydroxylation is 1. The molecule has 104 valence electrons. The van der Waals surface area contributed by atoms with Gasteiger partial charge in [-0.15, -0.1) is 0 Å². The highest BCUT2D eigenvalue weighted by atomic mass is 14.9. The zero-order valence-electron chi connectivity index (χ0n) is 12.0. The van der Waals surface area contributed by atoms with Gasteiger partial charge in [-0.05, 0) is 55.4 Å². The molecule has 0 aliphatic heterocycles. The predicted molar refractivity (Wildman–Crippen MR) is 82.8 cm³/mol. The highest BCUT2D eigenvalue weighted by Crippen LogP contribution is 2.31. The summed E-state index contributed by atoms with van der Waals surface area (Å²) in [5.74, 6) is 0.645. The summed E-state index contributed by atoms with van der Waals surface area (Å²) in [4.78, 5) is 4.42. The fraction of sp³-hybridized carbons (Fsp3) is 0.389. The quantitative estimate of drug-likeness (QED) is 0.909. The Morgan fingerprint density at radius 1 is 1.20 bits per heavy atom. The van der Waals surface area contributed by atoms with Gasteiger partial charge in [0.25, 0.3) is 0 Å². The van der Waals surface area contributed by atoms with Crippen molar-refractivity contribution in [1.82, 2.24) is 10.3 Å². The number of nitrogens with zero attached hydrogens (tertiary/aromatic N) is 1. The summed E-state index contributed by atoms with van der Waals surface area (Å²) in [5, 5.41) is 3.65. The lowest BCUT2D eigenvalue weighted by molar-refractivity contribution is 0.469. The van der Waals surface area contributed by atoms with Gasteiger partial charge in [0.05, 0.1) is 5.69 Å². The molecule has 0 amide bonds. The van der Waals surface area contributed by atoms with E-state index in [1.807, 2.05) is 12.3 Å². The number of fused-ring (bicyclic) bond motifs is 1. The van der Waals surface area contributed by atoms with Gasteiger partial charge in [-0.2, -0.15) is 0 Å². The summed E-state index contributed by atoms with van der Waals surface area (Å²) >= 11 is 0. The molecule has 2 atom stereocenters. The van der Waals surface area contributed by atoms with Crippen molar-refractivity contribution in [2.75, 3.05) is 6.54 Å². The van der Waals surface area contributed by atoms with Crippen molar-refractivity contribution < 1.29 is 0 Å². The number of pyridine rings is 1. The van der Waals surface area contributed by atoms with Crippen LogP contribution in [0.5, 0.6) is 0 Å². The second kappa shape index (κ2) is 6.19. The minimum Gasteiger partial charge on any atom is -0.308 e. The zero-order valence-corrected chi connectivity index (χ0v) is 12.0. The highest BCUT2D eigenvalue weighted by molar-refractivity contribution is 5.32. The standard InChI is InChI=1S/C18H22N2/c1-14(18-11-4-5-12-19-18)20-13-16-9-6-8-15-7-2-3-10-17(15)16/h2-5,7,10-12,14,16,20H,6,8-9,13H2,1H3/t14-,16?/m1/s1. The minimum absolute atomic E-state index is 0.310. The van der Waals surface area contributed by atoms with Gasteiger partial charge >= 0.3 is 0 Å². The Kier molecular flexibility index (Phi) is 4.12. The van der Waals surface area contributed by atoms with Crippen molar-refractivity contribution >= 4 is 0 Å². The Morgan fingerprint density at radius 2 is 2.05 bits per heavy atom. The Balaban J connectivity index is 1.65. The van der Waals surface area contributed by atoms with Crippen LogP contribution < -0.4 is 5.32 Å². The molecule has 1 aliphatic rings. The van der Waals surface area contributed by atoms with E-state index in [0.717, 1.165) is 12.2 Å². The van der Waals surface area contributed by atoms with Crippen LogP contribution in [0.25, 0.3) is 0 Å². The SMILES string of the molecule is C[C@@H](NCC1CCCc2ccccc21)c1ccccn1. The van der Waals surface area contributed by atoms with Crippen molar-refractivity contribution in [2.24, 2.45) is 0 Å². The van der Waals surface area contributed by atoms with Crippen LogP contribution >= 0.6 is 0 Å². The van der Waals surface area contributed by atoms with Crippen molar-refractivity contribution in [2.45, 2.75) is 38.1 Å². The Hall–Kier alpha value is -1.67. The minimum atomic E-state index is 0.310. The van der Waals surface area contributed by atoms with Crippen molar-refractivity contribution in [3.8, 4) is 0 Å². The summed E-state index contributed by atoms with van der Waals surface area (Å²) in [6.45, 7) is 3.23. The van der Waals surface area contributed by atoms with Gasteiger partial charge < -0.3 is 5.32 Å². The molecule has 1 unspecified atom stereocenters. The third kappa shape index (κ3) is 2.91. The third-order valence-corrected chi connectivity index (χ3v) is 4.30.